The molecule has 0 saturated heterocycles. The smallest absolute Gasteiger partial charge is 0.321 e. The number of thioether (sulfide) groups is 1. The van der Waals surface area contributed by atoms with Crippen molar-refractivity contribution >= 4 is 29.3 Å². The number of carboxylic acids is 1. The van der Waals surface area contributed by atoms with E-state index in [9.17, 15) is 4.79 Å². The number of hydrogen-bond acceptors (Lipinski definition) is 5. The van der Waals surface area contributed by atoms with E-state index in [0.717, 1.165) is 11.3 Å². The normalized spacial score (nSPS) is 12.3. The van der Waals surface area contributed by atoms with Crippen LogP contribution in [0, 0.1) is 0 Å². The lowest BCUT2D eigenvalue weighted by Gasteiger charge is -2.03. The van der Waals surface area contributed by atoms with Gasteiger partial charge in [-0.05, 0) is 24.3 Å². The zero-order valence-corrected chi connectivity index (χ0v) is 12.0. The van der Waals surface area contributed by atoms with Crippen LogP contribution in [-0.4, -0.2) is 27.9 Å². The molecule has 0 aliphatic heterocycles. The van der Waals surface area contributed by atoms with Crippen molar-refractivity contribution in [2.45, 2.75) is 11.8 Å². The molecule has 0 fully saturated rings. The highest BCUT2D eigenvalue weighted by Gasteiger charge is 2.12. The van der Waals surface area contributed by atoms with Crippen LogP contribution in [-0.2, 0) is 10.5 Å². The number of rotatable bonds is 6. The van der Waals surface area contributed by atoms with Gasteiger partial charge in [0.2, 0.25) is 5.89 Å². The number of carbonyl (C=O) groups is 1. The highest BCUT2D eigenvalue weighted by molar-refractivity contribution is 7.98. The molecule has 0 aliphatic carbocycles. The molecular weight excluding hydrogens is 300 g/mol. The second kappa shape index (κ2) is 6.78. The Morgan fingerprint density at radius 3 is 2.80 bits per heavy atom. The topological polar surface area (TPSA) is 89.4 Å². The van der Waals surface area contributed by atoms with Gasteiger partial charge in [-0.15, -0.1) is 0 Å². The fourth-order valence-electron chi connectivity index (χ4n) is 1.46. The van der Waals surface area contributed by atoms with E-state index in [-0.39, 0.29) is 0 Å². The average molecular weight is 313 g/mol. The van der Waals surface area contributed by atoms with Gasteiger partial charge in [-0.2, -0.15) is 11.8 Å². The van der Waals surface area contributed by atoms with E-state index >= 15 is 0 Å². The molecule has 0 spiro atoms. The lowest BCUT2D eigenvalue weighted by atomic mass is 10.2. The predicted octanol–water partition coefficient (Wildman–Crippen LogP) is 2.64. The molecule has 5 nitrogen and oxygen atoms in total. The zero-order valence-electron chi connectivity index (χ0n) is 10.5. The summed E-state index contributed by atoms with van der Waals surface area (Å²) in [5.41, 5.74) is 7.00. The van der Waals surface area contributed by atoms with Crippen LogP contribution in [0.25, 0.3) is 11.5 Å². The largest absolute Gasteiger partial charge is 0.480 e. The molecule has 2 rings (SSSR count). The summed E-state index contributed by atoms with van der Waals surface area (Å²) in [7, 11) is 0. The van der Waals surface area contributed by atoms with E-state index in [2.05, 4.69) is 4.98 Å². The summed E-state index contributed by atoms with van der Waals surface area (Å²) in [6.07, 6.45) is 1.56. The Labute approximate surface area is 125 Å². The molecule has 2 aromatic rings. The summed E-state index contributed by atoms with van der Waals surface area (Å²) in [4.78, 5) is 14.9. The minimum atomic E-state index is -1.00. The third-order valence-electron chi connectivity index (χ3n) is 2.51. The van der Waals surface area contributed by atoms with Gasteiger partial charge in [-0.25, -0.2) is 4.98 Å². The van der Waals surface area contributed by atoms with Gasteiger partial charge >= 0.3 is 5.97 Å². The zero-order chi connectivity index (χ0) is 14.5. The Kier molecular flexibility index (Phi) is 5.05. The molecule has 0 unspecified atom stereocenters. The maximum Gasteiger partial charge on any atom is 0.321 e. The lowest BCUT2D eigenvalue weighted by molar-refractivity contribution is -0.137. The van der Waals surface area contributed by atoms with Gasteiger partial charge in [0.1, 0.15) is 12.3 Å². The summed E-state index contributed by atoms with van der Waals surface area (Å²) in [6.45, 7) is 0. The van der Waals surface area contributed by atoms with E-state index < -0.39 is 12.0 Å². The van der Waals surface area contributed by atoms with E-state index in [4.69, 9.17) is 26.9 Å². The van der Waals surface area contributed by atoms with Crippen LogP contribution < -0.4 is 5.73 Å². The number of carboxylic acid groups (broad SMARTS) is 1. The third-order valence-corrected chi connectivity index (χ3v) is 3.85. The van der Waals surface area contributed by atoms with Gasteiger partial charge in [0.25, 0.3) is 0 Å². The maximum atomic E-state index is 10.6. The molecule has 20 heavy (non-hydrogen) atoms. The number of nitrogens with zero attached hydrogens (tertiary/aromatic N) is 1. The highest BCUT2D eigenvalue weighted by Crippen LogP contribution is 2.22. The van der Waals surface area contributed by atoms with Crippen LogP contribution in [0.5, 0.6) is 0 Å². The van der Waals surface area contributed by atoms with Crippen molar-refractivity contribution < 1.29 is 14.3 Å². The van der Waals surface area contributed by atoms with Crippen molar-refractivity contribution in [3.05, 3.63) is 41.2 Å². The van der Waals surface area contributed by atoms with Crippen LogP contribution >= 0.6 is 23.4 Å². The summed E-state index contributed by atoms with van der Waals surface area (Å²) in [5.74, 6) is 0.399. The lowest BCUT2D eigenvalue weighted by Crippen LogP contribution is -2.32. The maximum absolute atomic E-state index is 10.6. The van der Waals surface area contributed by atoms with Gasteiger partial charge in [-0.1, -0.05) is 11.6 Å². The molecule has 7 heteroatoms. The van der Waals surface area contributed by atoms with Gasteiger partial charge in [0.15, 0.2) is 0 Å². The van der Waals surface area contributed by atoms with Gasteiger partial charge < -0.3 is 15.3 Å². The number of halogens is 1. The van der Waals surface area contributed by atoms with Crippen LogP contribution in [0.2, 0.25) is 5.02 Å². The minimum absolute atomic E-state index is 0.332. The number of aromatic nitrogens is 1. The number of aliphatic carboxylic acids is 1. The van der Waals surface area contributed by atoms with E-state index in [1.54, 1.807) is 18.4 Å². The first-order valence-corrected chi connectivity index (χ1v) is 7.36. The molecule has 1 aromatic carbocycles. The van der Waals surface area contributed by atoms with Crippen LogP contribution in [0.3, 0.4) is 0 Å². The predicted molar refractivity (Wildman–Crippen MR) is 78.7 cm³/mol. The van der Waals surface area contributed by atoms with E-state index in [1.807, 2.05) is 12.1 Å². The molecule has 0 saturated carbocycles. The van der Waals surface area contributed by atoms with Crippen LogP contribution in [0.1, 0.15) is 5.69 Å². The second-order valence-corrected chi connectivity index (χ2v) is 5.58. The summed E-state index contributed by atoms with van der Waals surface area (Å²) >= 11 is 7.22. The number of oxazole rings is 1. The van der Waals surface area contributed by atoms with Gasteiger partial charge in [-0.3, -0.25) is 4.79 Å². The molecular formula is C13H13ClN2O3S. The van der Waals surface area contributed by atoms with Crippen molar-refractivity contribution in [1.29, 1.82) is 0 Å². The summed E-state index contributed by atoms with van der Waals surface area (Å²) in [5, 5.41) is 9.32. The molecule has 1 aromatic heterocycles. The van der Waals surface area contributed by atoms with Gasteiger partial charge in [0, 0.05) is 22.1 Å². The Hall–Kier alpha value is -1.50. The Morgan fingerprint density at radius 2 is 2.15 bits per heavy atom. The van der Waals surface area contributed by atoms with Crippen molar-refractivity contribution in [3.63, 3.8) is 0 Å². The number of hydrogen-bond donors (Lipinski definition) is 2. The van der Waals surface area contributed by atoms with E-state index in [1.165, 1.54) is 11.8 Å². The average Bonchev–Trinajstić information content (AvgIpc) is 2.88. The van der Waals surface area contributed by atoms with Crippen molar-refractivity contribution in [2.75, 3.05) is 5.75 Å². The Morgan fingerprint density at radius 1 is 1.45 bits per heavy atom. The van der Waals surface area contributed by atoms with Crippen LogP contribution in [0.4, 0.5) is 0 Å². The summed E-state index contributed by atoms with van der Waals surface area (Å²) in [6, 6.07) is 6.32. The highest BCUT2D eigenvalue weighted by atomic mass is 35.5. The van der Waals surface area contributed by atoms with Crippen molar-refractivity contribution in [1.82, 2.24) is 4.98 Å². The molecule has 0 radical (unpaired) electrons. The SMILES string of the molecule is N[C@H](CSCc1coc(-c2ccc(Cl)cc2)n1)C(=O)O. The third kappa shape index (κ3) is 4.00. The number of nitrogens with two attached hydrogens (primary N) is 1. The Bertz CT molecular complexity index is 586. The monoisotopic (exact) mass is 312 g/mol. The molecule has 1 atom stereocenters. The Balaban J connectivity index is 1.92. The fourth-order valence-corrected chi connectivity index (χ4v) is 2.44. The first-order valence-electron chi connectivity index (χ1n) is 5.82. The molecule has 1 heterocycles. The second-order valence-electron chi connectivity index (χ2n) is 4.11. The van der Waals surface area contributed by atoms with E-state index in [0.29, 0.717) is 22.4 Å². The van der Waals surface area contributed by atoms with Crippen molar-refractivity contribution in [3.8, 4) is 11.5 Å². The first-order chi connectivity index (χ1) is 9.56. The van der Waals surface area contributed by atoms with Gasteiger partial charge in [0.05, 0.1) is 5.69 Å². The molecule has 0 amide bonds. The van der Waals surface area contributed by atoms with Crippen LogP contribution in [0.15, 0.2) is 34.9 Å². The minimum Gasteiger partial charge on any atom is -0.480 e. The fraction of sp³-hybridized carbons (Fsp3) is 0.231. The standard InChI is InChI=1S/C13H13ClN2O3S/c14-9-3-1-8(2-4-9)12-16-10(5-19-12)6-20-7-11(15)13(17)18/h1-5,11H,6-7,15H2,(H,17,18)/t11-/m1/s1. The molecule has 0 bridgehead atoms. The molecule has 0 aliphatic rings. The quantitative estimate of drug-likeness (QED) is 0.852. The molecule has 106 valence electrons. The van der Waals surface area contributed by atoms with Crippen molar-refractivity contribution in [2.24, 2.45) is 5.73 Å². The molecule has 3 N–H and O–H groups in total. The summed E-state index contributed by atoms with van der Waals surface area (Å²) < 4.78 is 5.38. The number of benzene rings is 1. The first kappa shape index (κ1) is 14.9.